The zero-order chi connectivity index (χ0) is 35.3. The van der Waals surface area contributed by atoms with Crippen LogP contribution in [0.3, 0.4) is 0 Å². The Morgan fingerprint density at radius 2 is 0.633 bits per heavy atom. The minimum absolute atomic E-state index is 0. The third kappa shape index (κ3) is 38.3. The van der Waals surface area contributed by atoms with Crippen molar-refractivity contribution in [2.24, 2.45) is 5.73 Å². The average Bonchev–Trinajstić information content (AvgIpc) is 3.07. The Bertz CT molecular complexity index is 777. The first kappa shape index (κ1) is 50.3. The topological polar surface area (TPSA) is 113 Å². The third-order valence-corrected chi connectivity index (χ3v) is 9.37. The van der Waals surface area contributed by atoms with E-state index < -0.39 is 29.9 Å². The quantitative estimate of drug-likeness (QED) is 0.0299. The Labute approximate surface area is 324 Å². The van der Waals surface area contributed by atoms with Crippen molar-refractivity contribution in [1.29, 1.82) is 0 Å². The van der Waals surface area contributed by atoms with E-state index in [1.165, 1.54) is 154 Å². The molecule has 8 heteroatoms. The molecule has 0 aromatic heterocycles. The second-order valence-electron chi connectivity index (χ2n) is 14.2. The fourth-order valence-corrected chi connectivity index (χ4v) is 6.14. The van der Waals surface area contributed by atoms with E-state index in [-0.39, 0.29) is 55.2 Å². The maximum absolute atomic E-state index is 12.1. The third-order valence-electron chi connectivity index (χ3n) is 9.37. The molecule has 0 fully saturated rings. The summed E-state index contributed by atoms with van der Waals surface area (Å²) in [4.78, 5) is 48.1. The van der Waals surface area contributed by atoms with Gasteiger partial charge in [0.25, 0.3) is 0 Å². The first-order valence-corrected chi connectivity index (χ1v) is 20.6. The number of rotatable bonds is 36. The Hall–Kier alpha value is -0.760. The van der Waals surface area contributed by atoms with Gasteiger partial charge in [0.15, 0.2) is 0 Å². The van der Waals surface area contributed by atoms with Crippen molar-refractivity contribution in [3.8, 4) is 0 Å². The molecule has 0 heterocycles. The van der Waals surface area contributed by atoms with Crippen molar-refractivity contribution in [2.45, 2.75) is 238 Å². The number of carbonyl (C=O) groups is 4. The summed E-state index contributed by atoms with van der Waals surface area (Å²) in [7, 11) is 0. The van der Waals surface area contributed by atoms with Crippen LogP contribution in [0.5, 0.6) is 0 Å². The standard InChI is InChI=1S/C41H77NO6.Na/c1-3-5-7-9-11-13-15-17-19-21-23-25-27-29-31-33-38(43)47-40(45)36-35-37(42)41(46)48-39(44)34-32-30-28-26-24-22-20-18-16-14-12-10-8-6-4-2;/h37H,3-36,42H2,1-2H3;/t37-;/m0./s1. The van der Waals surface area contributed by atoms with Gasteiger partial charge >= 0.3 is 23.9 Å². The number of carbonyl (C=O) groups excluding carboxylic acids is 4. The molecule has 0 aromatic rings. The molecule has 0 bridgehead atoms. The van der Waals surface area contributed by atoms with Crippen LogP contribution >= 0.6 is 0 Å². The zero-order valence-corrected chi connectivity index (χ0v) is 34.6. The van der Waals surface area contributed by atoms with Gasteiger partial charge in [0.05, 0.1) is 0 Å². The molecule has 1 atom stereocenters. The predicted molar refractivity (Wildman–Crippen MR) is 204 cm³/mol. The molecule has 2 N–H and O–H groups in total. The summed E-state index contributed by atoms with van der Waals surface area (Å²) in [6, 6.07) is -1.10. The van der Waals surface area contributed by atoms with Crippen LogP contribution in [-0.4, -0.2) is 59.5 Å². The molecule has 0 rings (SSSR count). The molecule has 49 heavy (non-hydrogen) atoms. The van der Waals surface area contributed by atoms with Gasteiger partial charge in [-0.2, -0.15) is 0 Å². The van der Waals surface area contributed by atoms with Gasteiger partial charge in [0, 0.05) is 48.8 Å². The van der Waals surface area contributed by atoms with E-state index in [9.17, 15) is 19.2 Å². The maximum atomic E-state index is 12.1. The van der Waals surface area contributed by atoms with Gasteiger partial charge in [-0.15, -0.1) is 0 Å². The van der Waals surface area contributed by atoms with Crippen LogP contribution in [0.2, 0.25) is 0 Å². The normalized spacial score (nSPS) is 11.6. The summed E-state index contributed by atoms with van der Waals surface area (Å²) in [6.07, 6.45) is 37.6. The molecule has 0 aromatic carbocycles. The number of nitrogens with two attached hydrogens (primary N) is 1. The molecule has 0 saturated carbocycles. The van der Waals surface area contributed by atoms with Gasteiger partial charge in [0.1, 0.15) is 6.04 Å². The molecule has 0 unspecified atom stereocenters. The van der Waals surface area contributed by atoms with E-state index in [4.69, 9.17) is 15.2 Å². The fourth-order valence-electron chi connectivity index (χ4n) is 6.14. The molecule has 0 amide bonds. The van der Waals surface area contributed by atoms with Crippen LogP contribution in [-0.2, 0) is 28.7 Å². The Morgan fingerprint density at radius 3 is 0.939 bits per heavy atom. The molecular formula is C41H77NNaO6. The first-order valence-electron chi connectivity index (χ1n) is 20.6. The van der Waals surface area contributed by atoms with Crippen LogP contribution in [0.4, 0.5) is 0 Å². The summed E-state index contributed by atoms with van der Waals surface area (Å²) in [5.74, 6) is -2.65. The monoisotopic (exact) mass is 703 g/mol. The number of esters is 4. The van der Waals surface area contributed by atoms with Gasteiger partial charge in [-0.1, -0.05) is 194 Å². The van der Waals surface area contributed by atoms with Gasteiger partial charge in [-0.25, -0.2) is 4.79 Å². The Kier molecular flexibility index (Phi) is 41.1. The minimum Gasteiger partial charge on any atom is -0.393 e. The van der Waals surface area contributed by atoms with Crippen molar-refractivity contribution in [1.82, 2.24) is 0 Å². The molecular weight excluding hydrogens is 625 g/mol. The van der Waals surface area contributed by atoms with Crippen molar-refractivity contribution < 1.29 is 28.7 Å². The van der Waals surface area contributed by atoms with E-state index in [0.29, 0.717) is 12.8 Å². The average molecular weight is 703 g/mol. The van der Waals surface area contributed by atoms with Crippen LogP contribution in [0.25, 0.3) is 0 Å². The summed E-state index contributed by atoms with van der Waals surface area (Å²) in [5.41, 5.74) is 5.81. The molecule has 0 saturated heterocycles. The summed E-state index contributed by atoms with van der Waals surface area (Å²) in [6.45, 7) is 4.51. The summed E-state index contributed by atoms with van der Waals surface area (Å²) >= 11 is 0. The van der Waals surface area contributed by atoms with E-state index in [0.717, 1.165) is 25.7 Å². The largest absolute Gasteiger partial charge is 0.393 e. The molecule has 0 spiro atoms. The van der Waals surface area contributed by atoms with Crippen LogP contribution in [0.15, 0.2) is 0 Å². The second-order valence-corrected chi connectivity index (χ2v) is 14.2. The van der Waals surface area contributed by atoms with Crippen LogP contribution in [0.1, 0.15) is 232 Å². The Morgan fingerprint density at radius 1 is 0.388 bits per heavy atom. The van der Waals surface area contributed by atoms with Crippen molar-refractivity contribution in [3.63, 3.8) is 0 Å². The first-order chi connectivity index (χ1) is 23.4. The number of hydrogen-bond acceptors (Lipinski definition) is 7. The SMILES string of the molecule is CCCCCCCCCCCCCCCCCC(=O)OC(=O)CC[C@H](N)C(=O)OC(=O)CCCCCCCCCCCCCCCCC.[Na]. The van der Waals surface area contributed by atoms with Gasteiger partial charge in [0.2, 0.25) is 0 Å². The van der Waals surface area contributed by atoms with Gasteiger partial charge in [-0.3, -0.25) is 14.4 Å². The van der Waals surface area contributed by atoms with E-state index in [1.54, 1.807) is 0 Å². The molecule has 1 radical (unpaired) electrons. The molecule has 0 aliphatic rings. The van der Waals surface area contributed by atoms with Crippen molar-refractivity contribution >= 4 is 53.4 Å². The van der Waals surface area contributed by atoms with Crippen molar-refractivity contribution in [2.75, 3.05) is 0 Å². The van der Waals surface area contributed by atoms with Crippen molar-refractivity contribution in [3.05, 3.63) is 0 Å². The number of hydrogen-bond donors (Lipinski definition) is 1. The van der Waals surface area contributed by atoms with E-state index >= 15 is 0 Å². The second kappa shape index (κ2) is 40.0. The molecule has 283 valence electrons. The number of unbranched alkanes of at least 4 members (excludes halogenated alkanes) is 28. The molecule has 0 aliphatic carbocycles. The zero-order valence-electron chi connectivity index (χ0n) is 32.6. The predicted octanol–water partition coefficient (Wildman–Crippen LogP) is 11.4. The van der Waals surface area contributed by atoms with Crippen LogP contribution < -0.4 is 5.73 Å². The van der Waals surface area contributed by atoms with Gasteiger partial charge < -0.3 is 15.2 Å². The Balaban J connectivity index is 0. The fraction of sp³-hybridized carbons (Fsp3) is 0.902. The van der Waals surface area contributed by atoms with E-state index in [1.807, 2.05) is 0 Å². The molecule has 7 nitrogen and oxygen atoms in total. The maximum Gasteiger partial charge on any atom is 0.330 e. The smallest absolute Gasteiger partial charge is 0.330 e. The number of ether oxygens (including phenoxy) is 2. The minimum atomic E-state index is -1.10. The van der Waals surface area contributed by atoms with Crippen LogP contribution in [0, 0.1) is 0 Å². The van der Waals surface area contributed by atoms with Gasteiger partial charge in [-0.05, 0) is 19.3 Å². The summed E-state index contributed by atoms with van der Waals surface area (Å²) < 4.78 is 9.73. The summed E-state index contributed by atoms with van der Waals surface area (Å²) in [5, 5.41) is 0. The molecule has 0 aliphatic heterocycles. The van der Waals surface area contributed by atoms with E-state index in [2.05, 4.69) is 13.8 Å².